The van der Waals surface area contributed by atoms with E-state index < -0.39 is 0 Å². The van der Waals surface area contributed by atoms with Gasteiger partial charge in [0.2, 0.25) is 0 Å². The Balaban J connectivity index is 2.09. The van der Waals surface area contributed by atoms with Crippen molar-refractivity contribution in [3.8, 4) is 5.75 Å². The molecule has 100 valence electrons. The molecule has 18 heavy (non-hydrogen) atoms. The van der Waals surface area contributed by atoms with Gasteiger partial charge in [-0.05, 0) is 51.2 Å². The highest BCUT2D eigenvalue weighted by Crippen LogP contribution is 2.31. The maximum absolute atomic E-state index is 5.91. The third-order valence-corrected chi connectivity index (χ3v) is 3.60. The zero-order valence-corrected chi connectivity index (χ0v) is 11.9. The molecular formula is C16H25NO. The number of nitrogens with one attached hydrogen (secondary N) is 1. The minimum atomic E-state index is 0.227. The first-order valence-corrected chi connectivity index (χ1v) is 7.09. The summed E-state index contributed by atoms with van der Waals surface area (Å²) in [5, 5.41) is 3.68. The van der Waals surface area contributed by atoms with Crippen molar-refractivity contribution in [1.29, 1.82) is 0 Å². The van der Waals surface area contributed by atoms with E-state index in [2.05, 4.69) is 51.2 Å². The Kier molecular flexibility index (Phi) is 4.28. The van der Waals surface area contributed by atoms with E-state index in [-0.39, 0.29) is 6.10 Å². The summed E-state index contributed by atoms with van der Waals surface area (Å²) < 4.78 is 5.91. The van der Waals surface area contributed by atoms with Crippen LogP contribution in [0, 0.1) is 0 Å². The number of benzene rings is 1. The molecule has 0 aliphatic heterocycles. The first-order chi connectivity index (χ1) is 8.58. The number of rotatable bonds is 6. The molecule has 0 radical (unpaired) electrons. The SMILES string of the molecule is CC(C)Oc1ccccc1C(C)C(C)NC1CC1. The summed E-state index contributed by atoms with van der Waals surface area (Å²) >= 11 is 0. The van der Waals surface area contributed by atoms with Gasteiger partial charge < -0.3 is 10.1 Å². The average molecular weight is 247 g/mol. The van der Waals surface area contributed by atoms with Gasteiger partial charge in [-0.1, -0.05) is 25.1 Å². The lowest BCUT2D eigenvalue weighted by molar-refractivity contribution is 0.237. The number of ether oxygens (including phenoxy) is 1. The molecule has 2 unspecified atom stereocenters. The molecule has 2 nitrogen and oxygen atoms in total. The molecule has 1 aliphatic carbocycles. The van der Waals surface area contributed by atoms with Crippen LogP contribution in [-0.4, -0.2) is 18.2 Å². The number of hydrogen-bond donors (Lipinski definition) is 1. The van der Waals surface area contributed by atoms with Gasteiger partial charge in [0.15, 0.2) is 0 Å². The zero-order valence-electron chi connectivity index (χ0n) is 11.9. The Morgan fingerprint density at radius 2 is 1.78 bits per heavy atom. The highest BCUT2D eigenvalue weighted by Gasteiger charge is 2.26. The van der Waals surface area contributed by atoms with Crippen molar-refractivity contribution in [3.63, 3.8) is 0 Å². The summed E-state index contributed by atoms with van der Waals surface area (Å²) in [6.07, 6.45) is 2.90. The standard InChI is InChI=1S/C16H25NO/c1-11(2)18-16-8-6-5-7-15(16)12(3)13(4)17-14-9-10-14/h5-8,11-14,17H,9-10H2,1-4H3. The normalized spacial score (nSPS) is 18.7. The lowest BCUT2D eigenvalue weighted by atomic mass is 9.93. The van der Waals surface area contributed by atoms with Crippen molar-refractivity contribution in [2.24, 2.45) is 0 Å². The van der Waals surface area contributed by atoms with Crippen molar-refractivity contribution < 1.29 is 4.74 Å². The molecule has 1 saturated carbocycles. The fourth-order valence-electron chi connectivity index (χ4n) is 2.25. The van der Waals surface area contributed by atoms with Gasteiger partial charge in [0.25, 0.3) is 0 Å². The topological polar surface area (TPSA) is 21.3 Å². The van der Waals surface area contributed by atoms with E-state index in [1.54, 1.807) is 0 Å². The van der Waals surface area contributed by atoms with Crippen LogP contribution in [0.25, 0.3) is 0 Å². The third kappa shape index (κ3) is 3.49. The summed E-state index contributed by atoms with van der Waals surface area (Å²) in [6.45, 7) is 8.71. The molecule has 1 aliphatic rings. The van der Waals surface area contributed by atoms with E-state index in [1.807, 2.05) is 6.07 Å². The van der Waals surface area contributed by atoms with Crippen LogP contribution in [0.15, 0.2) is 24.3 Å². The molecule has 1 N–H and O–H groups in total. The molecule has 0 heterocycles. The first kappa shape index (κ1) is 13.4. The van der Waals surface area contributed by atoms with Crippen LogP contribution in [0.2, 0.25) is 0 Å². The van der Waals surface area contributed by atoms with Gasteiger partial charge in [-0.25, -0.2) is 0 Å². The fourth-order valence-corrected chi connectivity index (χ4v) is 2.25. The minimum absolute atomic E-state index is 0.227. The zero-order chi connectivity index (χ0) is 13.1. The van der Waals surface area contributed by atoms with Crippen molar-refractivity contribution in [2.75, 3.05) is 0 Å². The third-order valence-electron chi connectivity index (χ3n) is 3.60. The van der Waals surface area contributed by atoms with Gasteiger partial charge in [-0.3, -0.25) is 0 Å². The summed E-state index contributed by atoms with van der Waals surface area (Å²) in [6, 6.07) is 9.66. The Morgan fingerprint density at radius 3 is 2.39 bits per heavy atom. The predicted molar refractivity (Wildman–Crippen MR) is 76.2 cm³/mol. The van der Waals surface area contributed by atoms with E-state index in [0.29, 0.717) is 12.0 Å². The monoisotopic (exact) mass is 247 g/mol. The molecule has 0 bridgehead atoms. The Bertz CT molecular complexity index is 384. The summed E-state index contributed by atoms with van der Waals surface area (Å²) in [7, 11) is 0. The fraction of sp³-hybridized carbons (Fsp3) is 0.625. The van der Waals surface area contributed by atoms with Gasteiger partial charge in [0, 0.05) is 12.1 Å². The van der Waals surface area contributed by atoms with Crippen LogP contribution in [-0.2, 0) is 0 Å². The number of hydrogen-bond acceptors (Lipinski definition) is 2. The molecule has 0 aromatic heterocycles. The lowest BCUT2D eigenvalue weighted by Crippen LogP contribution is -2.32. The molecule has 2 atom stereocenters. The van der Waals surface area contributed by atoms with Gasteiger partial charge in [0.1, 0.15) is 5.75 Å². The molecular weight excluding hydrogens is 222 g/mol. The van der Waals surface area contributed by atoms with Gasteiger partial charge >= 0.3 is 0 Å². The average Bonchev–Trinajstić information content (AvgIpc) is 3.12. The van der Waals surface area contributed by atoms with Crippen molar-refractivity contribution in [1.82, 2.24) is 5.32 Å². The molecule has 0 amide bonds. The van der Waals surface area contributed by atoms with Crippen LogP contribution in [0.3, 0.4) is 0 Å². The van der Waals surface area contributed by atoms with Crippen LogP contribution in [0.4, 0.5) is 0 Å². The second kappa shape index (κ2) is 5.75. The van der Waals surface area contributed by atoms with E-state index in [4.69, 9.17) is 4.74 Å². The van der Waals surface area contributed by atoms with Gasteiger partial charge in [0.05, 0.1) is 6.10 Å². The highest BCUT2D eigenvalue weighted by atomic mass is 16.5. The lowest BCUT2D eigenvalue weighted by Gasteiger charge is -2.24. The van der Waals surface area contributed by atoms with Gasteiger partial charge in [-0.15, -0.1) is 0 Å². The molecule has 2 rings (SSSR count). The first-order valence-electron chi connectivity index (χ1n) is 7.09. The molecule has 1 aromatic rings. The smallest absolute Gasteiger partial charge is 0.123 e. The molecule has 2 heteroatoms. The van der Waals surface area contributed by atoms with E-state index in [0.717, 1.165) is 11.8 Å². The second-order valence-corrected chi connectivity index (χ2v) is 5.72. The molecule has 1 aromatic carbocycles. The van der Waals surface area contributed by atoms with Crippen LogP contribution in [0.5, 0.6) is 5.75 Å². The summed E-state index contributed by atoms with van der Waals surface area (Å²) in [5.41, 5.74) is 1.31. The Morgan fingerprint density at radius 1 is 1.11 bits per heavy atom. The molecule has 1 fully saturated rings. The number of para-hydroxylation sites is 1. The highest BCUT2D eigenvalue weighted by molar-refractivity contribution is 5.37. The molecule has 0 saturated heterocycles. The van der Waals surface area contributed by atoms with Crippen LogP contribution >= 0.6 is 0 Å². The quantitative estimate of drug-likeness (QED) is 0.827. The second-order valence-electron chi connectivity index (χ2n) is 5.72. The van der Waals surface area contributed by atoms with E-state index >= 15 is 0 Å². The predicted octanol–water partition coefficient (Wildman–Crippen LogP) is 3.72. The minimum Gasteiger partial charge on any atom is -0.491 e. The van der Waals surface area contributed by atoms with E-state index in [9.17, 15) is 0 Å². The summed E-state index contributed by atoms with van der Waals surface area (Å²) in [4.78, 5) is 0. The van der Waals surface area contributed by atoms with Crippen LogP contribution in [0.1, 0.15) is 52.0 Å². The molecule has 0 spiro atoms. The Hall–Kier alpha value is -1.02. The van der Waals surface area contributed by atoms with Gasteiger partial charge in [-0.2, -0.15) is 0 Å². The van der Waals surface area contributed by atoms with Crippen LogP contribution < -0.4 is 10.1 Å². The maximum atomic E-state index is 5.91. The van der Waals surface area contributed by atoms with Crippen molar-refractivity contribution in [2.45, 2.75) is 64.6 Å². The summed E-state index contributed by atoms with van der Waals surface area (Å²) in [5.74, 6) is 1.50. The maximum Gasteiger partial charge on any atom is 0.123 e. The van der Waals surface area contributed by atoms with Crippen molar-refractivity contribution in [3.05, 3.63) is 29.8 Å². The Labute approximate surface area is 111 Å². The van der Waals surface area contributed by atoms with E-state index in [1.165, 1.54) is 18.4 Å². The largest absolute Gasteiger partial charge is 0.491 e. The van der Waals surface area contributed by atoms with Crippen molar-refractivity contribution >= 4 is 0 Å².